The molecule has 0 N–H and O–H groups in total. The molecular formula is C19H28O3. The van der Waals surface area contributed by atoms with Crippen LogP contribution in [0.5, 0.6) is 0 Å². The molecule has 2 rings (SSSR count). The molecule has 1 heterocycles. The van der Waals surface area contributed by atoms with Gasteiger partial charge in [-0.1, -0.05) is 55.8 Å². The molecule has 0 saturated carbocycles. The molecule has 1 aromatic carbocycles. The van der Waals surface area contributed by atoms with Crippen LogP contribution in [0.2, 0.25) is 0 Å². The minimum Gasteiger partial charge on any atom is -0.373 e. The molecule has 1 aliphatic rings. The van der Waals surface area contributed by atoms with E-state index in [-0.39, 0.29) is 5.79 Å². The van der Waals surface area contributed by atoms with Gasteiger partial charge in [0.25, 0.3) is 0 Å². The van der Waals surface area contributed by atoms with Gasteiger partial charge in [0.2, 0.25) is 0 Å². The summed E-state index contributed by atoms with van der Waals surface area (Å²) < 4.78 is 17.3. The average molecular weight is 304 g/mol. The Kier molecular flexibility index (Phi) is 7.64. The topological polar surface area (TPSA) is 27.7 Å². The summed E-state index contributed by atoms with van der Waals surface area (Å²) in [6.07, 6.45) is 9.50. The van der Waals surface area contributed by atoms with Crippen LogP contribution in [0.3, 0.4) is 0 Å². The van der Waals surface area contributed by atoms with Crippen molar-refractivity contribution in [3.63, 3.8) is 0 Å². The van der Waals surface area contributed by atoms with Crippen molar-refractivity contribution in [2.75, 3.05) is 19.8 Å². The van der Waals surface area contributed by atoms with Crippen LogP contribution < -0.4 is 0 Å². The molecular weight excluding hydrogens is 276 g/mol. The summed E-state index contributed by atoms with van der Waals surface area (Å²) in [7, 11) is 0. The lowest BCUT2D eigenvalue weighted by Gasteiger charge is -2.26. The molecule has 0 spiro atoms. The van der Waals surface area contributed by atoms with Gasteiger partial charge in [0.05, 0.1) is 26.4 Å². The molecule has 0 bridgehead atoms. The van der Waals surface area contributed by atoms with Gasteiger partial charge >= 0.3 is 0 Å². The number of rotatable bonds is 10. The summed E-state index contributed by atoms with van der Waals surface area (Å²) in [4.78, 5) is 0. The van der Waals surface area contributed by atoms with Crippen molar-refractivity contribution in [2.45, 2.75) is 51.4 Å². The molecule has 1 fully saturated rings. The highest BCUT2D eigenvalue weighted by Crippen LogP contribution is 2.30. The van der Waals surface area contributed by atoms with Gasteiger partial charge in [0.1, 0.15) is 0 Å². The first-order valence-electron chi connectivity index (χ1n) is 8.39. The predicted molar refractivity (Wildman–Crippen MR) is 88.6 cm³/mol. The van der Waals surface area contributed by atoms with Crippen molar-refractivity contribution >= 4 is 0 Å². The quantitative estimate of drug-likeness (QED) is 0.471. The van der Waals surface area contributed by atoms with E-state index in [2.05, 4.69) is 31.2 Å². The van der Waals surface area contributed by atoms with E-state index in [1.807, 2.05) is 18.2 Å². The monoisotopic (exact) mass is 304 g/mol. The Bertz CT molecular complexity index is 422. The maximum Gasteiger partial charge on any atom is 0.168 e. The first-order chi connectivity index (χ1) is 10.8. The first-order valence-corrected chi connectivity index (χ1v) is 8.39. The molecule has 122 valence electrons. The second-order valence-electron chi connectivity index (χ2n) is 5.72. The molecule has 0 aliphatic carbocycles. The van der Waals surface area contributed by atoms with Crippen molar-refractivity contribution < 1.29 is 14.2 Å². The van der Waals surface area contributed by atoms with Crippen molar-refractivity contribution in [1.82, 2.24) is 0 Å². The van der Waals surface area contributed by atoms with E-state index < -0.39 is 0 Å². The summed E-state index contributed by atoms with van der Waals surface area (Å²) in [5.74, 6) is -0.328. The van der Waals surface area contributed by atoms with Gasteiger partial charge in [-0.25, -0.2) is 0 Å². The van der Waals surface area contributed by atoms with Crippen LogP contribution >= 0.6 is 0 Å². The smallest absolute Gasteiger partial charge is 0.168 e. The number of ether oxygens (including phenoxy) is 3. The van der Waals surface area contributed by atoms with Crippen LogP contribution in [-0.4, -0.2) is 25.6 Å². The Morgan fingerprint density at radius 1 is 1.09 bits per heavy atom. The Morgan fingerprint density at radius 3 is 2.59 bits per heavy atom. The van der Waals surface area contributed by atoms with Crippen LogP contribution in [0.4, 0.5) is 0 Å². The van der Waals surface area contributed by atoms with Crippen LogP contribution in [-0.2, 0) is 20.8 Å². The van der Waals surface area contributed by atoms with Gasteiger partial charge in [-0.2, -0.15) is 0 Å². The van der Waals surface area contributed by atoms with Gasteiger partial charge in [-0.05, 0) is 18.4 Å². The molecule has 0 atom stereocenters. The maximum absolute atomic E-state index is 5.84. The van der Waals surface area contributed by atoms with E-state index >= 15 is 0 Å². The summed E-state index contributed by atoms with van der Waals surface area (Å²) >= 11 is 0. The molecule has 1 aromatic rings. The fourth-order valence-corrected chi connectivity index (χ4v) is 2.66. The van der Waals surface area contributed by atoms with E-state index in [4.69, 9.17) is 14.2 Å². The van der Waals surface area contributed by atoms with Crippen molar-refractivity contribution in [1.29, 1.82) is 0 Å². The Morgan fingerprint density at radius 2 is 1.86 bits per heavy atom. The fraction of sp³-hybridized carbons (Fsp3) is 0.579. The van der Waals surface area contributed by atoms with E-state index in [1.54, 1.807) is 0 Å². The Hall–Kier alpha value is -1.16. The minimum absolute atomic E-state index is 0.328. The third kappa shape index (κ3) is 5.91. The van der Waals surface area contributed by atoms with Gasteiger partial charge in [0.15, 0.2) is 5.79 Å². The molecule has 1 saturated heterocycles. The molecule has 22 heavy (non-hydrogen) atoms. The Balaban J connectivity index is 1.60. The molecule has 0 amide bonds. The highest BCUT2D eigenvalue weighted by atomic mass is 16.7. The van der Waals surface area contributed by atoms with E-state index in [0.29, 0.717) is 13.2 Å². The summed E-state index contributed by atoms with van der Waals surface area (Å²) in [6.45, 7) is 4.98. The lowest BCUT2D eigenvalue weighted by atomic mass is 10.0. The SMILES string of the molecule is CCCCC1(CC/C=C/COCc2ccccc2)OCCO1. The summed E-state index contributed by atoms with van der Waals surface area (Å²) in [5.41, 5.74) is 1.21. The summed E-state index contributed by atoms with van der Waals surface area (Å²) in [6, 6.07) is 10.2. The van der Waals surface area contributed by atoms with E-state index in [9.17, 15) is 0 Å². The molecule has 0 unspecified atom stereocenters. The largest absolute Gasteiger partial charge is 0.373 e. The zero-order chi connectivity index (χ0) is 15.5. The number of unbranched alkanes of at least 4 members (excludes halogenated alkanes) is 1. The Labute approximate surface area is 134 Å². The zero-order valence-electron chi connectivity index (χ0n) is 13.6. The highest BCUT2D eigenvalue weighted by molar-refractivity contribution is 5.13. The van der Waals surface area contributed by atoms with Crippen molar-refractivity contribution in [3.05, 3.63) is 48.0 Å². The second-order valence-corrected chi connectivity index (χ2v) is 5.72. The third-order valence-electron chi connectivity index (χ3n) is 3.91. The van der Waals surface area contributed by atoms with Gasteiger partial charge in [0, 0.05) is 12.8 Å². The van der Waals surface area contributed by atoms with Crippen LogP contribution in [0.1, 0.15) is 44.6 Å². The average Bonchev–Trinajstić information content (AvgIpc) is 3.02. The number of hydrogen-bond acceptors (Lipinski definition) is 3. The lowest BCUT2D eigenvalue weighted by Crippen LogP contribution is -2.29. The summed E-state index contributed by atoms with van der Waals surface area (Å²) in [5, 5.41) is 0. The van der Waals surface area contributed by atoms with E-state index in [1.165, 1.54) is 12.0 Å². The van der Waals surface area contributed by atoms with Crippen LogP contribution in [0, 0.1) is 0 Å². The maximum atomic E-state index is 5.84. The van der Waals surface area contributed by atoms with Crippen LogP contribution in [0.25, 0.3) is 0 Å². The first kappa shape index (κ1) is 17.2. The second kappa shape index (κ2) is 9.78. The highest BCUT2D eigenvalue weighted by Gasteiger charge is 2.34. The standard InChI is InChI=1S/C19H28O3/c1-2-3-12-19(21-15-16-22-19)13-8-5-9-14-20-17-18-10-6-4-7-11-18/h4-7,9-11H,2-3,8,12-17H2,1H3/b9-5+. The van der Waals surface area contributed by atoms with Gasteiger partial charge in [-0.3, -0.25) is 0 Å². The predicted octanol–water partition coefficient (Wildman–Crippen LogP) is 4.47. The van der Waals surface area contributed by atoms with Gasteiger partial charge < -0.3 is 14.2 Å². The normalized spacial score (nSPS) is 17.3. The lowest BCUT2D eigenvalue weighted by molar-refractivity contribution is -0.166. The molecule has 1 aliphatic heterocycles. The van der Waals surface area contributed by atoms with Crippen LogP contribution in [0.15, 0.2) is 42.5 Å². The van der Waals surface area contributed by atoms with Gasteiger partial charge in [-0.15, -0.1) is 0 Å². The number of benzene rings is 1. The zero-order valence-corrected chi connectivity index (χ0v) is 13.6. The number of allylic oxidation sites excluding steroid dienone is 1. The molecule has 0 aromatic heterocycles. The van der Waals surface area contributed by atoms with E-state index in [0.717, 1.165) is 38.9 Å². The molecule has 0 radical (unpaired) electrons. The minimum atomic E-state index is -0.328. The fourth-order valence-electron chi connectivity index (χ4n) is 2.66. The third-order valence-corrected chi connectivity index (χ3v) is 3.91. The number of hydrogen-bond donors (Lipinski definition) is 0. The van der Waals surface area contributed by atoms with Crippen molar-refractivity contribution in [3.8, 4) is 0 Å². The molecule has 3 heteroatoms. The van der Waals surface area contributed by atoms with Crippen molar-refractivity contribution in [2.24, 2.45) is 0 Å². The molecule has 3 nitrogen and oxygen atoms in total.